The Morgan fingerprint density at radius 2 is 1.32 bits per heavy atom. The molecular formula is C21H20N2O2. The first kappa shape index (κ1) is 16.7. The number of allylic oxidation sites excluding steroid dienone is 1. The summed E-state index contributed by atoms with van der Waals surface area (Å²) in [5.41, 5.74) is 2.58. The SMILES string of the molecule is Cc1ccc(C(=O)C(=O)C(=C2N(C)C=CN2C)c2ccccc2)cc1. The minimum absolute atomic E-state index is 0.404. The highest BCUT2D eigenvalue weighted by atomic mass is 16.2. The second-order valence-electron chi connectivity index (χ2n) is 6.11. The van der Waals surface area contributed by atoms with Crippen molar-refractivity contribution >= 4 is 17.1 Å². The second kappa shape index (κ2) is 6.77. The quantitative estimate of drug-likeness (QED) is 0.488. The Kier molecular flexibility index (Phi) is 4.52. The van der Waals surface area contributed by atoms with Crippen LogP contribution in [0.1, 0.15) is 21.5 Å². The molecule has 0 unspecified atom stereocenters. The number of hydrogen-bond donors (Lipinski definition) is 0. The maximum absolute atomic E-state index is 13.1. The van der Waals surface area contributed by atoms with E-state index in [9.17, 15) is 9.59 Å². The first-order chi connectivity index (χ1) is 12.0. The molecule has 126 valence electrons. The molecule has 1 aliphatic rings. The van der Waals surface area contributed by atoms with Gasteiger partial charge in [-0.05, 0) is 12.5 Å². The van der Waals surface area contributed by atoms with Gasteiger partial charge in [-0.1, -0.05) is 60.2 Å². The molecule has 3 rings (SSSR count). The predicted octanol–water partition coefficient (Wildman–Crippen LogP) is 3.46. The van der Waals surface area contributed by atoms with E-state index in [0.29, 0.717) is 17.0 Å². The molecule has 0 saturated heterocycles. The van der Waals surface area contributed by atoms with Crippen LogP contribution in [0.3, 0.4) is 0 Å². The van der Waals surface area contributed by atoms with Crippen LogP contribution in [0.5, 0.6) is 0 Å². The molecule has 1 aliphatic heterocycles. The van der Waals surface area contributed by atoms with Crippen molar-refractivity contribution in [2.24, 2.45) is 0 Å². The molecule has 0 atom stereocenters. The van der Waals surface area contributed by atoms with Gasteiger partial charge < -0.3 is 9.80 Å². The maximum Gasteiger partial charge on any atom is 0.237 e. The lowest BCUT2D eigenvalue weighted by Crippen LogP contribution is -2.25. The van der Waals surface area contributed by atoms with Crippen molar-refractivity contribution in [3.8, 4) is 0 Å². The van der Waals surface area contributed by atoms with Crippen molar-refractivity contribution in [2.45, 2.75) is 6.92 Å². The lowest BCUT2D eigenvalue weighted by molar-refractivity contribution is -0.110. The average molecular weight is 332 g/mol. The summed E-state index contributed by atoms with van der Waals surface area (Å²) in [5.74, 6) is -0.316. The average Bonchev–Trinajstić information content (AvgIpc) is 2.95. The minimum Gasteiger partial charge on any atom is -0.335 e. The molecular weight excluding hydrogens is 312 g/mol. The minimum atomic E-state index is -0.507. The number of rotatable bonds is 4. The lowest BCUT2D eigenvalue weighted by Gasteiger charge is -2.22. The highest BCUT2D eigenvalue weighted by Gasteiger charge is 2.29. The highest BCUT2D eigenvalue weighted by Crippen LogP contribution is 2.28. The molecule has 0 aromatic heterocycles. The van der Waals surface area contributed by atoms with E-state index in [2.05, 4.69) is 0 Å². The van der Waals surface area contributed by atoms with Gasteiger partial charge >= 0.3 is 0 Å². The molecule has 0 aliphatic carbocycles. The molecule has 25 heavy (non-hydrogen) atoms. The van der Waals surface area contributed by atoms with Crippen LogP contribution in [0.15, 0.2) is 72.8 Å². The Morgan fingerprint density at radius 3 is 1.88 bits per heavy atom. The van der Waals surface area contributed by atoms with Crippen LogP contribution >= 0.6 is 0 Å². The van der Waals surface area contributed by atoms with Crippen LogP contribution in [0, 0.1) is 6.92 Å². The third kappa shape index (κ3) is 3.24. The fourth-order valence-electron chi connectivity index (χ4n) is 2.86. The normalized spacial score (nSPS) is 13.3. The summed E-state index contributed by atoms with van der Waals surface area (Å²) in [4.78, 5) is 29.6. The Balaban J connectivity index is 2.09. The Hall–Kier alpha value is -3.14. The largest absolute Gasteiger partial charge is 0.335 e. The zero-order valence-electron chi connectivity index (χ0n) is 14.6. The van der Waals surface area contributed by atoms with Gasteiger partial charge in [-0.25, -0.2) is 0 Å². The maximum atomic E-state index is 13.1. The summed E-state index contributed by atoms with van der Waals surface area (Å²) >= 11 is 0. The third-order valence-corrected chi connectivity index (χ3v) is 4.22. The Bertz CT molecular complexity index is 851. The topological polar surface area (TPSA) is 40.6 Å². The summed E-state index contributed by atoms with van der Waals surface area (Å²) in [5, 5.41) is 0. The first-order valence-corrected chi connectivity index (χ1v) is 8.08. The van der Waals surface area contributed by atoms with Crippen molar-refractivity contribution in [1.82, 2.24) is 9.80 Å². The fraction of sp³-hybridized carbons (Fsp3) is 0.143. The van der Waals surface area contributed by atoms with E-state index in [4.69, 9.17) is 0 Å². The monoisotopic (exact) mass is 332 g/mol. The number of benzene rings is 2. The van der Waals surface area contributed by atoms with Gasteiger partial charge in [0, 0.05) is 32.1 Å². The van der Waals surface area contributed by atoms with Gasteiger partial charge in [-0.15, -0.1) is 0 Å². The van der Waals surface area contributed by atoms with Crippen molar-refractivity contribution < 1.29 is 9.59 Å². The van der Waals surface area contributed by atoms with Crippen LogP contribution in [-0.4, -0.2) is 35.5 Å². The van der Waals surface area contributed by atoms with E-state index in [1.807, 2.05) is 85.7 Å². The molecule has 0 fully saturated rings. The fourth-order valence-corrected chi connectivity index (χ4v) is 2.86. The van der Waals surface area contributed by atoms with Crippen LogP contribution in [0.25, 0.3) is 5.57 Å². The van der Waals surface area contributed by atoms with Gasteiger partial charge in [0.25, 0.3) is 0 Å². The van der Waals surface area contributed by atoms with Gasteiger partial charge in [0.1, 0.15) is 5.82 Å². The zero-order chi connectivity index (χ0) is 18.0. The van der Waals surface area contributed by atoms with Gasteiger partial charge in [0.15, 0.2) is 0 Å². The third-order valence-electron chi connectivity index (χ3n) is 4.22. The summed E-state index contributed by atoms with van der Waals surface area (Å²) in [6, 6.07) is 16.4. The predicted molar refractivity (Wildman–Crippen MR) is 98.5 cm³/mol. The van der Waals surface area contributed by atoms with E-state index >= 15 is 0 Å². The standard InChI is InChI=1S/C21H20N2O2/c1-15-9-11-17(12-10-15)19(24)20(25)18(16-7-5-4-6-8-16)21-22(2)13-14-23(21)3/h4-14H,1-3H3. The molecule has 1 heterocycles. The van der Waals surface area contributed by atoms with Gasteiger partial charge in [0.2, 0.25) is 11.6 Å². The molecule has 2 aromatic rings. The second-order valence-corrected chi connectivity index (χ2v) is 6.11. The number of nitrogens with zero attached hydrogens (tertiary/aromatic N) is 2. The number of aryl methyl sites for hydroxylation is 1. The number of ketones is 2. The highest BCUT2D eigenvalue weighted by molar-refractivity contribution is 6.58. The smallest absolute Gasteiger partial charge is 0.237 e. The molecule has 4 nitrogen and oxygen atoms in total. The number of carbonyl (C=O) groups is 2. The van der Waals surface area contributed by atoms with Crippen LogP contribution in [-0.2, 0) is 4.79 Å². The number of hydrogen-bond acceptors (Lipinski definition) is 4. The summed E-state index contributed by atoms with van der Waals surface area (Å²) in [6.45, 7) is 1.95. The number of Topliss-reactive ketones (excluding diaryl/α,β-unsaturated/α-hetero) is 2. The van der Waals surface area contributed by atoms with Gasteiger partial charge in [0.05, 0.1) is 5.57 Å². The molecule has 0 amide bonds. The van der Waals surface area contributed by atoms with Gasteiger partial charge in [-0.3, -0.25) is 9.59 Å². The summed E-state index contributed by atoms with van der Waals surface area (Å²) in [7, 11) is 3.73. The first-order valence-electron chi connectivity index (χ1n) is 8.08. The zero-order valence-corrected chi connectivity index (χ0v) is 14.6. The van der Waals surface area contributed by atoms with Crippen molar-refractivity contribution in [3.63, 3.8) is 0 Å². The number of carbonyl (C=O) groups excluding carboxylic acids is 2. The molecule has 0 saturated carbocycles. The van der Waals surface area contributed by atoms with Crippen LogP contribution in [0.4, 0.5) is 0 Å². The molecule has 0 spiro atoms. The lowest BCUT2D eigenvalue weighted by atomic mass is 9.95. The molecule has 0 N–H and O–H groups in total. The van der Waals surface area contributed by atoms with E-state index in [0.717, 1.165) is 11.1 Å². The van der Waals surface area contributed by atoms with E-state index in [1.165, 1.54) is 0 Å². The van der Waals surface area contributed by atoms with Crippen LogP contribution in [0.2, 0.25) is 0 Å². The van der Waals surface area contributed by atoms with Crippen molar-refractivity contribution in [3.05, 3.63) is 89.5 Å². The van der Waals surface area contributed by atoms with E-state index < -0.39 is 11.6 Å². The van der Waals surface area contributed by atoms with Gasteiger partial charge in [-0.2, -0.15) is 0 Å². The molecule has 0 radical (unpaired) electrons. The van der Waals surface area contributed by atoms with Crippen LogP contribution < -0.4 is 0 Å². The molecule has 4 heteroatoms. The Morgan fingerprint density at radius 1 is 0.760 bits per heavy atom. The van der Waals surface area contributed by atoms with E-state index in [1.54, 1.807) is 12.1 Å². The van der Waals surface area contributed by atoms with Crippen molar-refractivity contribution in [2.75, 3.05) is 14.1 Å². The summed E-state index contributed by atoms with van der Waals surface area (Å²) < 4.78 is 0. The van der Waals surface area contributed by atoms with Crippen molar-refractivity contribution in [1.29, 1.82) is 0 Å². The molecule has 0 bridgehead atoms. The van der Waals surface area contributed by atoms with E-state index in [-0.39, 0.29) is 0 Å². The molecule has 2 aromatic carbocycles. The Labute approximate surface area is 147 Å². The summed E-state index contributed by atoms with van der Waals surface area (Å²) in [6.07, 6.45) is 3.73.